The zero-order valence-corrected chi connectivity index (χ0v) is 23.3. The van der Waals surface area contributed by atoms with E-state index in [1.165, 1.54) is 6.08 Å². The monoisotopic (exact) mass is 534 g/mol. The largest absolute Gasteiger partial charge is 0.437 e. The number of carbonyl (C=O) groups excluding carboxylic acids is 1. The highest BCUT2D eigenvalue weighted by molar-refractivity contribution is 6.76. The second-order valence-corrected chi connectivity index (χ2v) is 15.7. The van der Waals surface area contributed by atoms with Gasteiger partial charge in [-0.3, -0.25) is 9.48 Å². The van der Waals surface area contributed by atoms with Crippen molar-refractivity contribution in [2.24, 2.45) is 0 Å². The number of nitrogens with zero attached hydrogens (tertiary/aromatic N) is 5. The van der Waals surface area contributed by atoms with Gasteiger partial charge in [0.05, 0.1) is 25.5 Å². The second kappa shape index (κ2) is 12.2. The van der Waals surface area contributed by atoms with Gasteiger partial charge in [-0.2, -0.15) is 5.10 Å². The van der Waals surface area contributed by atoms with Gasteiger partial charge in [-0.05, 0) is 24.3 Å². The highest BCUT2D eigenvalue weighted by Gasteiger charge is 2.17. The van der Waals surface area contributed by atoms with Crippen molar-refractivity contribution in [3.8, 4) is 22.8 Å². The van der Waals surface area contributed by atoms with Crippen LogP contribution in [0.3, 0.4) is 0 Å². The second-order valence-electron chi connectivity index (χ2n) is 10.0. The molecule has 0 atom stereocenters. The van der Waals surface area contributed by atoms with Crippen LogP contribution in [-0.2, 0) is 27.5 Å². The van der Waals surface area contributed by atoms with Gasteiger partial charge in [-0.1, -0.05) is 32.3 Å². The molecule has 0 saturated carbocycles. The van der Waals surface area contributed by atoms with Gasteiger partial charge < -0.3 is 24.1 Å². The van der Waals surface area contributed by atoms with Crippen LogP contribution in [0, 0.1) is 0 Å². The zero-order chi connectivity index (χ0) is 27.1. The number of rotatable bonds is 13. The van der Waals surface area contributed by atoms with Gasteiger partial charge >= 0.3 is 0 Å². The van der Waals surface area contributed by atoms with Crippen LogP contribution in [0.15, 0.2) is 61.7 Å². The number of methoxy groups -OCH3 is 1. The molecule has 3 heterocycles. The van der Waals surface area contributed by atoms with Gasteiger partial charge in [0.2, 0.25) is 11.8 Å². The number of anilines is 1. The summed E-state index contributed by atoms with van der Waals surface area (Å²) in [6, 6.07) is 8.14. The van der Waals surface area contributed by atoms with Gasteiger partial charge in [0.15, 0.2) is 5.65 Å². The van der Waals surface area contributed by atoms with E-state index in [0.29, 0.717) is 55.0 Å². The standard InChI is InChI=1S/C27H34N6O4Si/c1-6-24(34)30-21-8-7-9-22(14-21)37-25-16-28-27-26(31-25)23(20-15-29-33(17-20)10-11-35-2)18-32(27)19-36-12-13-38(3,4)5/h6-9,14-18H,1,10-13,19H2,2-5H3,(H,30,34). The summed E-state index contributed by atoms with van der Waals surface area (Å²) in [6.07, 6.45) is 8.56. The molecule has 200 valence electrons. The molecule has 38 heavy (non-hydrogen) atoms. The Morgan fingerprint density at radius 3 is 2.79 bits per heavy atom. The molecule has 4 aromatic rings. The van der Waals surface area contributed by atoms with Crippen LogP contribution in [0.5, 0.6) is 11.6 Å². The third kappa shape index (κ3) is 7.15. The van der Waals surface area contributed by atoms with Crippen molar-refractivity contribution in [2.45, 2.75) is 39.0 Å². The normalized spacial score (nSPS) is 11.6. The van der Waals surface area contributed by atoms with Crippen LogP contribution in [0.2, 0.25) is 25.7 Å². The van der Waals surface area contributed by atoms with Crippen molar-refractivity contribution in [3.05, 3.63) is 61.7 Å². The molecule has 1 aromatic carbocycles. The molecule has 0 saturated heterocycles. The van der Waals surface area contributed by atoms with E-state index in [2.05, 4.69) is 41.6 Å². The SMILES string of the molecule is C=CC(=O)Nc1cccc(Oc2cnc3c(n2)c(-c2cnn(CCOC)c2)cn3COCC[Si](C)(C)C)c1. The van der Waals surface area contributed by atoms with Gasteiger partial charge in [0, 0.05) is 57.1 Å². The average molecular weight is 535 g/mol. The molecule has 0 aliphatic heterocycles. The maximum atomic E-state index is 11.7. The Morgan fingerprint density at radius 1 is 1.18 bits per heavy atom. The number of benzene rings is 1. The van der Waals surface area contributed by atoms with Crippen molar-refractivity contribution in [2.75, 3.05) is 25.6 Å². The van der Waals surface area contributed by atoms with Crippen LogP contribution < -0.4 is 10.1 Å². The highest BCUT2D eigenvalue weighted by atomic mass is 28.3. The minimum atomic E-state index is -1.19. The zero-order valence-electron chi connectivity index (χ0n) is 22.3. The molecular formula is C27H34N6O4Si. The number of hydrogen-bond donors (Lipinski definition) is 1. The fraction of sp³-hybridized carbons (Fsp3) is 0.333. The van der Waals surface area contributed by atoms with Crippen molar-refractivity contribution < 1.29 is 19.0 Å². The fourth-order valence-electron chi connectivity index (χ4n) is 3.70. The maximum absolute atomic E-state index is 11.7. The number of fused-ring (bicyclic) bond motifs is 1. The Hall–Kier alpha value is -3.80. The average Bonchev–Trinajstić information content (AvgIpc) is 3.49. The lowest BCUT2D eigenvalue weighted by atomic mass is 10.2. The Morgan fingerprint density at radius 2 is 2.03 bits per heavy atom. The van der Waals surface area contributed by atoms with E-state index in [1.54, 1.807) is 37.6 Å². The molecule has 0 bridgehead atoms. The molecule has 0 aliphatic carbocycles. The number of carbonyl (C=O) groups is 1. The molecule has 0 radical (unpaired) electrons. The van der Waals surface area contributed by atoms with Gasteiger partial charge in [0.25, 0.3) is 0 Å². The van der Waals surface area contributed by atoms with Crippen molar-refractivity contribution >= 4 is 30.8 Å². The van der Waals surface area contributed by atoms with Crippen molar-refractivity contribution in [1.29, 1.82) is 0 Å². The quantitative estimate of drug-likeness (QED) is 0.143. The molecule has 1 amide bonds. The lowest BCUT2D eigenvalue weighted by Crippen LogP contribution is -2.22. The molecule has 10 nitrogen and oxygen atoms in total. The Labute approximate surface area is 223 Å². The first-order chi connectivity index (χ1) is 18.3. The molecule has 3 aromatic heterocycles. The molecule has 4 rings (SSSR count). The summed E-state index contributed by atoms with van der Waals surface area (Å²) in [5.41, 5.74) is 3.75. The van der Waals surface area contributed by atoms with Crippen LogP contribution in [0.1, 0.15) is 0 Å². The van der Waals surface area contributed by atoms with E-state index < -0.39 is 8.07 Å². The first-order valence-electron chi connectivity index (χ1n) is 12.4. The summed E-state index contributed by atoms with van der Waals surface area (Å²) in [5.74, 6) is 0.547. The van der Waals surface area contributed by atoms with Crippen LogP contribution in [0.25, 0.3) is 22.3 Å². The first-order valence-corrected chi connectivity index (χ1v) is 16.1. The van der Waals surface area contributed by atoms with E-state index in [9.17, 15) is 4.79 Å². The molecule has 11 heteroatoms. The third-order valence-electron chi connectivity index (χ3n) is 5.75. The summed E-state index contributed by atoms with van der Waals surface area (Å²) in [6.45, 7) is 12.8. The Balaban J connectivity index is 1.63. The highest BCUT2D eigenvalue weighted by Crippen LogP contribution is 2.31. The third-order valence-corrected chi connectivity index (χ3v) is 7.45. The van der Waals surface area contributed by atoms with Gasteiger partial charge in [-0.25, -0.2) is 9.97 Å². The molecule has 0 spiro atoms. The lowest BCUT2D eigenvalue weighted by Gasteiger charge is -2.15. The summed E-state index contributed by atoms with van der Waals surface area (Å²) >= 11 is 0. The minimum Gasteiger partial charge on any atom is -0.437 e. The van der Waals surface area contributed by atoms with E-state index in [1.807, 2.05) is 27.8 Å². The van der Waals surface area contributed by atoms with E-state index in [-0.39, 0.29) is 5.91 Å². The summed E-state index contributed by atoms with van der Waals surface area (Å²) in [5, 5.41) is 7.18. The number of hydrogen-bond acceptors (Lipinski definition) is 7. The molecular weight excluding hydrogens is 500 g/mol. The Bertz CT molecular complexity index is 1410. The van der Waals surface area contributed by atoms with E-state index >= 15 is 0 Å². The minimum absolute atomic E-state index is 0.299. The topological polar surface area (TPSA) is 105 Å². The Kier molecular flexibility index (Phi) is 8.72. The van der Waals surface area contributed by atoms with Crippen LogP contribution in [0.4, 0.5) is 5.69 Å². The number of aromatic nitrogens is 5. The maximum Gasteiger partial charge on any atom is 0.247 e. The van der Waals surface area contributed by atoms with Crippen molar-refractivity contribution in [1.82, 2.24) is 24.3 Å². The van der Waals surface area contributed by atoms with Crippen LogP contribution in [-0.4, -0.2) is 58.6 Å². The molecule has 0 fully saturated rings. The van der Waals surface area contributed by atoms with Gasteiger partial charge in [0.1, 0.15) is 18.0 Å². The number of nitrogens with one attached hydrogen (secondary N) is 1. The summed E-state index contributed by atoms with van der Waals surface area (Å²) < 4.78 is 21.0. The van der Waals surface area contributed by atoms with E-state index in [0.717, 1.165) is 17.2 Å². The summed E-state index contributed by atoms with van der Waals surface area (Å²) in [7, 11) is 0.474. The molecule has 0 unspecified atom stereocenters. The van der Waals surface area contributed by atoms with Crippen LogP contribution >= 0.6 is 0 Å². The number of amides is 1. The van der Waals surface area contributed by atoms with Crippen molar-refractivity contribution in [3.63, 3.8) is 0 Å². The summed E-state index contributed by atoms with van der Waals surface area (Å²) in [4.78, 5) is 21.1. The first kappa shape index (κ1) is 27.2. The smallest absolute Gasteiger partial charge is 0.247 e. The van der Waals surface area contributed by atoms with Gasteiger partial charge in [-0.15, -0.1) is 0 Å². The molecule has 0 aliphatic rings. The predicted molar refractivity (Wildman–Crippen MR) is 150 cm³/mol. The lowest BCUT2D eigenvalue weighted by molar-refractivity contribution is -0.111. The fourth-order valence-corrected chi connectivity index (χ4v) is 4.45. The number of ether oxygens (including phenoxy) is 3. The molecule has 1 N–H and O–H groups in total. The van der Waals surface area contributed by atoms with E-state index in [4.69, 9.17) is 19.2 Å². The predicted octanol–water partition coefficient (Wildman–Crippen LogP) is 5.17.